The summed E-state index contributed by atoms with van der Waals surface area (Å²) in [6.45, 7) is 3.64. The molecule has 2 aliphatic heterocycles. The minimum atomic E-state index is -0.0376. The molecule has 4 aliphatic carbocycles. The second kappa shape index (κ2) is 6.48. The lowest BCUT2D eigenvalue weighted by Gasteiger charge is -2.53. The van der Waals surface area contributed by atoms with Crippen molar-refractivity contribution in [2.75, 3.05) is 19.6 Å². The lowest BCUT2D eigenvalue weighted by Crippen LogP contribution is -2.54. The number of nitrogens with one attached hydrogen (secondary N) is 1. The van der Waals surface area contributed by atoms with E-state index in [1.54, 1.807) is 0 Å². The lowest BCUT2D eigenvalue weighted by atomic mass is 9.55. The maximum Gasteiger partial charge on any atom is 0.410 e. The smallest absolute Gasteiger partial charge is 0.410 e. The van der Waals surface area contributed by atoms with Crippen LogP contribution in [0.1, 0.15) is 56.1 Å². The summed E-state index contributed by atoms with van der Waals surface area (Å²) in [5.41, 5.74) is 3.12. The molecule has 5 fully saturated rings. The molecular weight excluding hydrogens is 348 g/mol. The number of likely N-dealkylation sites (tertiary alicyclic amines) is 1. The van der Waals surface area contributed by atoms with E-state index in [1.165, 1.54) is 43.2 Å². The van der Waals surface area contributed by atoms with Crippen LogP contribution < -0.4 is 5.32 Å². The zero-order chi connectivity index (χ0) is 18.7. The zero-order valence-corrected chi connectivity index (χ0v) is 16.7. The van der Waals surface area contributed by atoms with Crippen molar-refractivity contribution in [1.29, 1.82) is 0 Å². The number of ether oxygens (including phenoxy) is 1. The third-order valence-corrected chi connectivity index (χ3v) is 8.72. The standard InChI is InChI=1S/C24H32N2O2/c27-23(28-22-19-10-16-9-17(12-19)13-20(22)11-16)26-7-5-24(6-8-26)15-25-14-18-3-1-2-4-21(18)24/h1-4,16-17,19-20,22,25H,5-15H2. The van der Waals surface area contributed by atoms with E-state index >= 15 is 0 Å². The van der Waals surface area contributed by atoms with Crippen LogP contribution in [-0.2, 0) is 16.7 Å². The third-order valence-electron chi connectivity index (χ3n) is 8.72. The summed E-state index contributed by atoms with van der Waals surface area (Å²) in [4.78, 5) is 15.0. The van der Waals surface area contributed by atoms with E-state index in [0.717, 1.165) is 50.9 Å². The van der Waals surface area contributed by atoms with Crippen LogP contribution in [0.4, 0.5) is 4.79 Å². The SMILES string of the molecule is O=C(OC1C2CC3CC(C2)CC1C3)N1CCC2(CC1)CNCc1ccccc12. The van der Waals surface area contributed by atoms with Crippen LogP contribution in [0.2, 0.25) is 0 Å². The van der Waals surface area contributed by atoms with Crippen LogP contribution in [-0.4, -0.2) is 36.7 Å². The fraction of sp³-hybridized carbons (Fsp3) is 0.708. The molecule has 28 heavy (non-hydrogen) atoms. The van der Waals surface area contributed by atoms with Gasteiger partial charge in [-0.3, -0.25) is 0 Å². The highest BCUT2D eigenvalue weighted by molar-refractivity contribution is 5.68. The summed E-state index contributed by atoms with van der Waals surface area (Å²) in [6, 6.07) is 8.85. The zero-order valence-electron chi connectivity index (χ0n) is 16.7. The van der Waals surface area contributed by atoms with E-state index in [0.29, 0.717) is 11.8 Å². The molecule has 1 aromatic rings. The van der Waals surface area contributed by atoms with Crippen molar-refractivity contribution >= 4 is 6.09 Å². The van der Waals surface area contributed by atoms with E-state index in [-0.39, 0.29) is 17.6 Å². The summed E-state index contributed by atoms with van der Waals surface area (Å²) >= 11 is 0. The van der Waals surface area contributed by atoms with Crippen molar-refractivity contribution in [3.05, 3.63) is 35.4 Å². The highest BCUT2D eigenvalue weighted by Crippen LogP contribution is 2.54. The van der Waals surface area contributed by atoms with Crippen molar-refractivity contribution in [2.24, 2.45) is 23.7 Å². The average Bonchev–Trinajstić information content (AvgIpc) is 2.71. The predicted molar refractivity (Wildman–Crippen MR) is 108 cm³/mol. The maximum atomic E-state index is 13.0. The number of hydrogen-bond donors (Lipinski definition) is 1. The first kappa shape index (κ1) is 17.3. The summed E-state index contributed by atoms with van der Waals surface area (Å²) in [6.07, 6.45) is 8.89. The maximum absolute atomic E-state index is 13.0. The van der Waals surface area contributed by atoms with Gasteiger partial charge in [-0.15, -0.1) is 0 Å². The molecule has 1 spiro atoms. The van der Waals surface area contributed by atoms with Gasteiger partial charge < -0.3 is 15.0 Å². The Morgan fingerprint density at radius 3 is 2.39 bits per heavy atom. The lowest BCUT2D eigenvalue weighted by molar-refractivity contribution is -0.103. The van der Waals surface area contributed by atoms with E-state index in [1.807, 2.05) is 4.90 Å². The van der Waals surface area contributed by atoms with Crippen LogP contribution in [0.15, 0.2) is 24.3 Å². The molecule has 7 rings (SSSR count). The Morgan fingerprint density at radius 1 is 1.00 bits per heavy atom. The fourth-order valence-corrected chi connectivity index (χ4v) is 7.55. The Morgan fingerprint density at radius 2 is 1.68 bits per heavy atom. The first-order chi connectivity index (χ1) is 13.7. The summed E-state index contributed by atoms with van der Waals surface area (Å²) in [7, 11) is 0. The van der Waals surface area contributed by atoms with Crippen LogP contribution >= 0.6 is 0 Å². The van der Waals surface area contributed by atoms with E-state index in [4.69, 9.17) is 4.74 Å². The minimum Gasteiger partial charge on any atom is -0.446 e. The van der Waals surface area contributed by atoms with Gasteiger partial charge in [0.25, 0.3) is 0 Å². The number of amides is 1. The molecule has 150 valence electrons. The second-order valence-electron chi connectivity index (χ2n) is 10.3. The van der Waals surface area contributed by atoms with Gasteiger partial charge in [-0.05, 0) is 79.7 Å². The molecule has 1 aromatic carbocycles. The first-order valence-corrected chi connectivity index (χ1v) is 11.4. The Bertz CT molecular complexity index is 740. The average molecular weight is 381 g/mol. The number of carbonyl (C=O) groups excluding carboxylic acids is 1. The summed E-state index contributed by atoms with van der Waals surface area (Å²) in [5.74, 6) is 3.13. The molecule has 4 heteroatoms. The minimum absolute atomic E-state index is 0.0376. The van der Waals surface area contributed by atoms with Gasteiger partial charge in [0, 0.05) is 31.6 Å². The quantitative estimate of drug-likeness (QED) is 0.798. The van der Waals surface area contributed by atoms with Crippen LogP contribution in [0.5, 0.6) is 0 Å². The Hall–Kier alpha value is -1.55. The topological polar surface area (TPSA) is 41.6 Å². The number of hydrogen-bond acceptors (Lipinski definition) is 3. The van der Waals surface area contributed by atoms with Gasteiger partial charge in [-0.25, -0.2) is 4.79 Å². The van der Waals surface area contributed by atoms with Gasteiger partial charge in [-0.2, -0.15) is 0 Å². The Balaban J connectivity index is 1.12. The highest BCUT2D eigenvalue weighted by Gasteiger charge is 2.50. The van der Waals surface area contributed by atoms with Crippen LogP contribution in [0, 0.1) is 23.7 Å². The molecule has 6 aliphatic rings. The number of piperidine rings is 1. The molecule has 0 aromatic heterocycles. The molecule has 1 N–H and O–H groups in total. The summed E-state index contributed by atoms with van der Waals surface area (Å²) in [5, 5.41) is 3.61. The largest absolute Gasteiger partial charge is 0.446 e. The molecule has 2 heterocycles. The van der Waals surface area contributed by atoms with Crippen molar-refractivity contribution in [1.82, 2.24) is 10.2 Å². The molecule has 1 saturated heterocycles. The van der Waals surface area contributed by atoms with E-state index in [2.05, 4.69) is 29.6 Å². The Kier molecular flexibility index (Phi) is 4.01. The van der Waals surface area contributed by atoms with Gasteiger partial charge >= 0.3 is 6.09 Å². The van der Waals surface area contributed by atoms with Gasteiger partial charge in [0.2, 0.25) is 0 Å². The van der Waals surface area contributed by atoms with Gasteiger partial charge in [-0.1, -0.05) is 24.3 Å². The Labute approximate surface area is 168 Å². The van der Waals surface area contributed by atoms with Gasteiger partial charge in [0.15, 0.2) is 0 Å². The molecule has 0 atom stereocenters. The number of nitrogens with zero attached hydrogens (tertiary/aromatic N) is 1. The second-order valence-corrected chi connectivity index (χ2v) is 10.3. The molecule has 0 unspecified atom stereocenters. The highest BCUT2D eigenvalue weighted by atomic mass is 16.6. The number of carbonyl (C=O) groups is 1. The van der Waals surface area contributed by atoms with E-state index in [9.17, 15) is 4.79 Å². The van der Waals surface area contributed by atoms with Crippen LogP contribution in [0.3, 0.4) is 0 Å². The molecule has 4 bridgehead atoms. The van der Waals surface area contributed by atoms with Gasteiger partial charge in [0.1, 0.15) is 6.10 Å². The van der Waals surface area contributed by atoms with Gasteiger partial charge in [0.05, 0.1) is 0 Å². The number of benzene rings is 1. The molecule has 0 radical (unpaired) electrons. The van der Waals surface area contributed by atoms with Crippen molar-refractivity contribution in [3.63, 3.8) is 0 Å². The third kappa shape index (κ3) is 2.71. The van der Waals surface area contributed by atoms with Crippen molar-refractivity contribution < 1.29 is 9.53 Å². The number of rotatable bonds is 1. The number of fused-ring (bicyclic) bond motifs is 2. The normalized spacial score (nSPS) is 37.7. The monoisotopic (exact) mass is 380 g/mol. The molecular formula is C24H32N2O2. The molecule has 1 amide bonds. The summed E-state index contributed by atoms with van der Waals surface area (Å²) < 4.78 is 6.18. The molecule has 4 nitrogen and oxygen atoms in total. The first-order valence-electron chi connectivity index (χ1n) is 11.4. The fourth-order valence-electron chi connectivity index (χ4n) is 7.55. The predicted octanol–water partition coefficient (Wildman–Crippen LogP) is 4.08. The van der Waals surface area contributed by atoms with Crippen LogP contribution in [0.25, 0.3) is 0 Å². The van der Waals surface area contributed by atoms with E-state index < -0.39 is 0 Å². The van der Waals surface area contributed by atoms with Crippen molar-refractivity contribution in [2.45, 2.75) is 63.0 Å². The molecule has 4 saturated carbocycles. The van der Waals surface area contributed by atoms with Crippen molar-refractivity contribution in [3.8, 4) is 0 Å².